The van der Waals surface area contributed by atoms with Crippen LogP contribution in [-0.2, 0) is 7.05 Å². The summed E-state index contributed by atoms with van der Waals surface area (Å²) in [4.78, 5) is 19.2. The van der Waals surface area contributed by atoms with Crippen molar-refractivity contribution in [3.63, 3.8) is 0 Å². The maximum Gasteiger partial charge on any atom is 0.253 e. The minimum atomic E-state index is 0.149. The molecule has 0 radical (unpaired) electrons. The van der Waals surface area contributed by atoms with E-state index in [1.165, 1.54) is 12.8 Å². The zero-order valence-corrected chi connectivity index (χ0v) is 14.1. The van der Waals surface area contributed by atoms with Crippen LogP contribution >= 0.6 is 11.8 Å². The minimum absolute atomic E-state index is 0.149. The maximum atomic E-state index is 12.8. The molecule has 0 spiro atoms. The molecular weight excluding hydrogens is 294 g/mol. The summed E-state index contributed by atoms with van der Waals surface area (Å²) in [6.45, 7) is 3.94. The summed E-state index contributed by atoms with van der Waals surface area (Å²) < 4.78 is 1.98. The average molecular weight is 317 g/mol. The highest BCUT2D eigenvalue weighted by Gasteiger charge is 2.23. The molecule has 1 atom stereocenters. The molecule has 1 saturated heterocycles. The van der Waals surface area contributed by atoms with Crippen molar-refractivity contribution in [1.29, 1.82) is 0 Å². The zero-order valence-electron chi connectivity index (χ0n) is 13.3. The number of carbonyl (C=O) groups is 1. The molecule has 22 heavy (non-hydrogen) atoms. The van der Waals surface area contributed by atoms with Gasteiger partial charge in [0.25, 0.3) is 5.91 Å². The average Bonchev–Trinajstić information content (AvgIpc) is 2.74. The highest BCUT2D eigenvalue weighted by molar-refractivity contribution is 7.99. The molecule has 0 bridgehead atoms. The highest BCUT2D eigenvalue weighted by atomic mass is 32.2. The molecule has 0 unspecified atom stereocenters. The fourth-order valence-electron chi connectivity index (χ4n) is 3.11. The monoisotopic (exact) mass is 317 g/mol. The van der Waals surface area contributed by atoms with Crippen LogP contribution in [0.5, 0.6) is 0 Å². The molecule has 0 saturated carbocycles. The Hall–Kier alpha value is -1.49. The van der Waals surface area contributed by atoms with Crippen LogP contribution in [0.15, 0.2) is 24.5 Å². The molecule has 1 aromatic carbocycles. The van der Waals surface area contributed by atoms with Crippen molar-refractivity contribution < 1.29 is 4.79 Å². The quantitative estimate of drug-likeness (QED) is 0.871. The van der Waals surface area contributed by atoms with E-state index in [0.717, 1.165) is 41.9 Å². The molecule has 1 aromatic heterocycles. The van der Waals surface area contributed by atoms with E-state index in [-0.39, 0.29) is 5.91 Å². The molecule has 1 fully saturated rings. The third kappa shape index (κ3) is 3.14. The first-order valence-electron chi connectivity index (χ1n) is 8.01. The second kappa shape index (κ2) is 6.73. The predicted octanol–water partition coefficient (Wildman–Crippen LogP) is 3.32. The first kappa shape index (κ1) is 15.4. The summed E-state index contributed by atoms with van der Waals surface area (Å²) in [5.41, 5.74) is 2.71. The number of aryl methyl sites for hydroxylation is 1. The van der Waals surface area contributed by atoms with Gasteiger partial charge in [0, 0.05) is 31.0 Å². The van der Waals surface area contributed by atoms with Gasteiger partial charge in [0.2, 0.25) is 0 Å². The first-order chi connectivity index (χ1) is 10.7. The summed E-state index contributed by atoms with van der Waals surface area (Å²) in [6, 6.07) is 5.84. The van der Waals surface area contributed by atoms with Crippen LogP contribution < -0.4 is 0 Å². The number of likely N-dealkylation sites (tertiary alicyclic amines) is 1. The lowest BCUT2D eigenvalue weighted by molar-refractivity contribution is 0.0763. The van der Waals surface area contributed by atoms with Crippen molar-refractivity contribution in [1.82, 2.24) is 14.5 Å². The highest BCUT2D eigenvalue weighted by Crippen LogP contribution is 2.24. The molecule has 118 valence electrons. The van der Waals surface area contributed by atoms with E-state index in [0.29, 0.717) is 5.25 Å². The van der Waals surface area contributed by atoms with Crippen LogP contribution in [0.1, 0.15) is 36.5 Å². The number of hydrogen-bond acceptors (Lipinski definition) is 3. The van der Waals surface area contributed by atoms with Crippen LogP contribution in [-0.4, -0.2) is 44.5 Å². The molecule has 0 N–H and O–H groups in total. The standard InChI is InChI=1S/C17H23N3OS/c1-3-22-14-6-4-5-9-20(11-14)17(21)13-7-8-16-15(10-13)18-12-19(16)2/h7-8,10,12,14H,3-6,9,11H2,1-2H3/t14-/m0/s1. The third-order valence-electron chi connectivity index (χ3n) is 4.29. The maximum absolute atomic E-state index is 12.8. The Morgan fingerprint density at radius 1 is 1.41 bits per heavy atom. The Labute approximate surface area is 135 Å². The van der Waals surface area contributed by atoms with Crippen LogP contribution in [0.2, 0.25) is 0 Å². The topological polar surface area (TPSA) is 38.1 Å². The number of benzene rings is 1. The Balaban J connectivity index is 1.81. The lowest BCUT2D eigenvalue weighted by Crippen LogP contribution is -2.35. The number of thioether (sulfide) groups is 1. The van der Waals surface area contributed by atoms with Gasteiger partial charge in [-0.3, -0.25) is 4.79 Å². The largest absolute Gasteiger partial charge is 0.338 e. The molecule has 1 aliphatic heterocycles. The van der Waals surface area contributed by atoms with Crippen molar-refractivity contribution in [2.75, 3.05) is 18.8 Å². The van der Waals surface area contributed by atoms with Gasteiger partial charge in [-0.2, -0.15) is 11.8 Å². The number of fused-ring (bicyclic) bond motifs is 1. The molecule has 0 aliphatic carbocycles. The van der Waals surface area contributed by atoms with Gasteiger partial charge in [-0.05, 0) is 36.8 Å². The van der Waals surface area contributed by atoms with E-state index in [9.17, 15) is 4.79 Å². The van der Waals surface area contributed by atoms with Crippen molar-refractivity contribution in [2.45, 2.75) is 31.4 Å². The summed E-state index contributed by atoms with van der Waals surface area (Å²) >= 11 is 1.98. The lowest BCUT2D eigenvalue weighted by Gasteiger charge is -2.24. The smallest absolute Gasteiger partial charge is 0.253 e. The van der Waals surface area contributed by atoms with Gasteiger partial charge in [0.05, 0.1) is 17.4 Å². The van der Waals surface area contributed by atoms with Gasteiger partial charge in [0.1, 0.15) is 0 Å². The zero-order chi connectivity index (χ0) is 15.5. The summed E-state index contributed by atoms with van der Waals surface area (Å²) in [5.74, 6) is 1.27. The van der Waals surface area contributed by atoms with E-state index in [2.05, 4.69) is 11.9 Å². The van der Waals surface area contributed by atoms with Gasteiger partial charge >= 0.3 is 0 Å². The second-order valence-corrected chi connectivity index (χ2v) is 7.46. The number of nitrogens with zero attached hydrogens (tertiary/aromatic N) is 3. The number of amides is 1. The number of carbonyl (C=O) groups excluding carboxylic acids is 1. The van der Waals surface area contributed by atoms with Crippen molar-refractivity contribution in [2.24, 2.45) is 7.05 Å². The molecule has 5 heteroatoms. The Bertz CT molecular complexity index is 667. The Morgan fingerprint density at radius 3 is 3.09 bits per heavy atom. The van der Waals surface area contributed by atoms with Gasteiger partial charge < -0.3 is 9.47 Å². The van der Waals surface area contributed by atoms with Crippen molar-refractivity contribution in [3.8, 4) is 0 Å². The van der Waals surface area contributed by atoms with Crippen molar-refractivity contribution in [3.05, 3.63) is 30.1 Å². The summed E-state index contributed by atoms with van der Waals surface area (Å²) in [5, 5.41) is 0.579. The van der Waals surface area contributed by atoms with E-state index in [1.54, 1.807) is 6.33 Å². The van der Waals surface area contributed by atoms with Crippen LogP contribution in [0.4, 0.5) is 0 Å². The van der Waals surface area contributed by atoms with Gasteiger partial charge in [-0.1, -0.05) is 13.3 Å². The Kier molecular flexibility index (Phi) is 4.71. The van der Waals surface area contributed by atoms with Gasteiger partial charge in [0.15, 0.2) is 0 Å². The molecule has 2 heterocycles. The third-order valence-corrected chi connectivity index (χ3v) is 5.48. The fraction of sp³-hybridized carbons (Fsp3) is 0.529. The number of aromatic nitrogens is 2. The van der Waals surface area contributed by atoms with E-state index in [4.69, 9.17) is 0 Å². The Morgan fingerprint density at radius 2 is 2.27 bits per heavy atom. The van der Waals surface area contributed by atoms with Gasteiger partial charge in [-0.25, -0.2) is 4.98 Å². The van der Waals surface area contributed by atoms with E-state index < -0.39 is 0 Å². The molecule has 1 amide bonds. The second-order valence-electron chi connectivity index (χ2n) is 5.88. The van der Waals surface area contributed by atoms with Gasteiger partial charge in [-0.15, -0.1) is 0 Å². The number of imidazole rings is 1. The molecular formula is C17H23N3OS. The van der Waals surface area contributed by atoms with Crippen LogP contribution in [0.3, 0.4) is 0 Å². The van der Waals surface area contributed by atoms with Crippen LogP contribution in [0, 0.1) is 0 Å². The van der Waals surface area contributed by atoms with Crippen LogP contribution in [0.25, 0.3) is 11.0 Å². The van der Waals surface area contributed by atoms with E-state index >= 15 is 0 Å². The minimum Gasteiger partial charge on any atom is -0.338 e. The molecule has 4 nitrogen and oxygen atoms in total. The summed E-state index contributed by atoms with van der Waals surface area (Å²) in [7, 11) is 1.97. The molecule has 2 aromatic rings. The number of rotatable bonds is 3. The predicted molar refractivity (Wildman–Crippen MR) is 92.4 cm³/mol. The SMILES string of the molecule is CCS[C@H]1CCCCN(C(=O)c2ccc3c(c2)ncn3C)C1. The van der Waals surface area contributed by atoms with Crippen molar-refractivity contribution >= 4 is 28.7 Å². The lowest BCUT2D eigenvalue weighted by atomic mass is 10.1. The molecule has 1 aliphatic rings. The summed E-state index contributed by atoms with van der Waals surface area (Å²) in [6.07, 6.45) is 5.35. The first-order valence-corrected chi connectivity index (χ1v) is 9.06. The van der Waals surface area contributed by atoms with E-state index in [1.807, 2.05) is 46.5 Å². The normalized spacial score (nSPS) is 19.4. The fourth-order valence-corrected chi connectivity index (χ4v) is 4.20. The molecule has 3 rings (SSSR count). The number of hydrogen-bond donors (Lipinski definition) is 0.